The minimum absolute atomic E-state index is 0.515. The fraction of sp³-hybridized carbons (Fsp3) is 0.364. The Balaban J connectivity index is 2.82. The number of aliphatic hydroxyl groups excluding tert-OH is 1. The average molecular weight is 177 g/mol. The molecule has 0 saturated carbocycles. The van der Waals surface area contributed by atoms with Crippen molar-refractivity contribution in [2.24, 2.45) is 0 Å². The Bertz CT molecular complexity index is 307. The van der Waals surface area contributed by atoms with Gasteiger partial charge in [0, 0.05) is 6.20 Å². The molecule has 2 nitrogen and oxygen atoms in total. The van der Waals surface area contributed by atoms with Crippen molar-refractivity contribution in [1.82, 2.24) is 4.98 Å². The van der Waals surface area contributed by atoms with Crippen molar-refractivity contribution in [2.45, 2.75) is 26.4 Å². The van der Waals surface area contributed by atoms with E-state index in [4.69, 9.17) is 0 Å². The van der Waals surface area contributed by atoms with Crippen molar-refractivity contribution in [3.63, 3.8) is 0 Å². The van der Waals surface area contributed by atoms with Gasteiger partial charge in [0.2, 0.25) is 0 Å². The quantitative estimate of drug-likeness (QED) is 0.719. The SMILES string of the molecule is C=C(C)CC(O)c1ncccc1C. The molecule has 2 heteroatoms. The van der Waals surface area contributed by atoms with E-state index in [-0.39, 0.29) is 0 Å². The summed E-state index contributed by atoms with van der Waals surface area (Å²) in [5.74, 6) is 0. The Morgan fingerprint density at radius 1 is 1.69 bits per heavy atom. The van der Waals surface area contributed by atoms with Crippen LogP contribution < -0.4 is 0 Å². The van der Waals surface area contributed by atoms with E-state index in [0.29, 0.717) is 6.42 Å². The second-order valence-electron chi connectivity index (χ2n) is 3.38. The lowest BCUT2D eigenvalue weighted by atomic mass is 10.0. The lowest BCUT2D eigenvalue weighted by Crippen LogP contribution is -2.02. The molecule has 1 N–H and O–H groups in total. The lowest BCUT2D eigenvalue weighted by molar-refractivity contribution is 0.173. The molecular formula is C11H15NO. The highest BCUT2D eigenvalue weighted by Gasteiger charge is 2.10. The Morgan fingerprint density at radius 2 is 2.38 bits per heavy atom. The van der Waals surface area contributed by atoms with Crippen LogP contribution in [-0.2, 0) is 0 Å². The number of rotatable bonds is 3. The number of aryl methyl sites for hydroxylation is 1. The zero-order chi connectivity index (χ0) is 9.84. The van der Waals surface area contributed by atoms with Crippen LogP contribution in [0, 0.1) is 6.92 Å². The third-order valence-corrected chi connectivity index (χ3v) is 1.91. The summed E-state index contributed by atoms with van der Waals surface area (Å²) in [5, 5.41) is 9.75. The van der Waals surface area contributed by atoms with Crippen LogP contribution in [0.25, 0.3) is 0 Å². The Hall–Kier alpha value is -1.15. The maximum Gasteiger partial charge on any atom is 0.0999 e. The van der Waals surface area contributed by atoms with E-state index in [1.807, 2.05) is 26.0 Å². The Labute approximate surface area is 78.9 Å². The van der Waals surface area contributed by atoms with Crippen molar-refractivity contribution < 1.29 is 5.11 Å². The fourth-order valence-electron chi connectivity index (χ4n) is 1.27. The third-order valence-electron chi connectivity index (χ3n) is 1.91. The summed E-state index contributed by atoms with van der Waals surface area (Å²) in [6.45, 7) is 7.62. The molecule has 0 amide bonds. The van der Waals surface area contributed by atoms with Crippen molar-refractivity contribution in [3.05, 3.63) is 41.7 Å². The lowest BCUT2D eigenvalue weighted by Gasteiger charge is -2.11. The van der Waals surface area contributed by atoms with Crippen LogP contribution >= 0.6 is 0 Å². The van der Waals surface area contributed by atoms with Crippen LogP contribution in [0.4, 0.5) is 0 Å². The zero-order valence-electron chi connectivity index (χ0n) is 8.12. The number of nitrogens with zero attached hydrogens (tertiary/aromatic N) is 1. The zero-order valence-corrected chi connectivity index (χ0v) is 8.12. The summed E-state index contributed by atoms with van der Waals surface area (Å²) in [6.07, 6.45) is 1.76. The van der Waals surface area contributed by atoms with Gasteiger partial charge in [0.15, 0.2) is 0 Å². The normalized spacial score (nSPS) is 12.5. The van der Waals surface area contributed by atoms with Gasteiger partial charge in [-0.15, -0.1) is 6.58 Å². The standard InChI is InChI=1S/C11H15NO/c1-8(2)7-10(13)11-9(3)5-4-6-12-11/h4-6,10,13H,1,7H2,2-3H3. The first-order valence-corrected chi connectivity index (χ1v) is 4.35. The molecule has 0 spiro atoms. The van der Waals surface area contributed by atoms with Gasteiger partial charge in [0.25, 0.3) is 0 Å². The number of hydrogen-bond acceptors (Lipinski definition) is 2. The van der Waals surface area contributed by atoms with E-state index in [1.165, 1.54) is 0 Å². The predicted octanol–water partition coefficient (Wildman–Crippen LogP) is 2.39. The van der Waals surface area contributed by atoms with Crippen LogP contribution in [-0.4, -0.2) is 10.1 Å². The summed E-state index contributed by atoms with van der Waals surface area (Å²) in [4.78, 5) is 4.14. The van der Waals surface area contributed by atoms with Crippen LogP contribution in [0.1, 0.15) is 30.7 Å². The van der Waals surface area contributed by atoms with E-state index >= 15 is 0 Å². The molecule has 0 saturated heterocycles. The highest BCUT2D eigenvalue weighted by molar-refractivity contribution is 5.20. The number of hydrogen-bond donors (Lipinski definition) is 1. The van der Waals surface area contributed by atoms with E-state index < -0.39 is 6.10 Å². The molecule has 0 radical (unpaired) electrons. The summed E-state index contributed by atoms with van der Waals surface area (Å²) >= 11 is 0. The van der Waals surface area contributed by atoms with Crippen LogP contribution in [0.15, 0.2) is 30.5 Å². The number of aliphatic hydroxyl groups is 1. The first-order chi connectivity index (χ1) is 6.11. The van der Waals surface area contributed by atoms with Gasteiger partial charge < -0.3 is 5.11 Å². The van der Waals surface area contributed by atoms with E-state index in [0.717, 1.165) is 16.8 Å². The molecule has 0 aliphatic carbocycles. The predicted molar refractivity (Wildman–Crippen MR) is 53.4 cm³/mol. The molecule has 1 unspecified atom stereocenters. The Morgan fingerprint density at radius 3 is 2.92 bits per heavy atom. The van der Waals surface area contributed by atoms with Gasteiger partial charge in [-0.05, 0) is 31.9 Å². The average Bonchev–Trinajstić information content (AvgIpc) is 2.03. The van der Waals surface area contributed by atoms with Gasteiger partial charge in [-0.3, -0.25) is 4.98 Å². The van der Waals surface area contributed by atoms with Gasteiger partial charge in [-0.25, -0.2) is 0 Å². The van der Waals surface area contributed by atoms with Gasteiger partial charge in [-0.2, -0.15) is 0 Å². The minimum atomic E-state index is -0.515. The molecule has 1 aromatic heterocycles. The molecule has 0 aromatic carbocycles. The molecule has 1 heterocycles. The maximum atomic E-state index is 9.75. The van der Waals surface area contributed by atoms with Crippen molar-refractivity contribution in [3.8, 4) is 0 Å². The number of pyridine rings is 1. The molecule has 1 rings (SSSR count). The van der Waals surface area contributed by atoms with E-state index in [9.17, 15) is 5.11 Å². The summed E-state index contributed by atoms with van der Waals surface area (Å²) in [7, 11) is 0. The molecule has 70 valence electrons. The molecule has 0 aliphatic rings. The van der Waals surface area contributed by atoms with Gasteiger partial charge in [-0.1, -0.05) is 11.6 Å². The number of aromatic nitrogens is 1. The second kappa shape index (κ2) is 4.19. The molecule has 0 aliphatic heterocycles. The van der Waals surface area contributed by atoms with Crippen LogP contribution in [0.5, 0.6) is 0 Å². The first kappa shape index (κ1) is 9.93. The van der Waals surface area contributed by atoms with Gasteiger partial charge in [0.05, 0.1) is 11.8 Å². The third kappa shape index (κ3) is 2.67. The Kier molecular flexibility index (Phi) is 3.20. The molecular weight excluding hydrogens is 162 g/mol. The topological polar surface area (TPSA) is 33.1 Å². The van der Waals surface area contributed by atoms with Crippen molar-refractivity contribution in [2.75, 3.05) is 0 Å². The molecule has 1 atom stereocenters. The van der Waals surface area contributed by atoms with Crippen LogP contribution in [0.2, 0.25) is 0 Å². The largest absolute Gasteiger partial charge is 0.386 e. The van der Waals surface area contributed by atoms with Gasteiger partial charge >= 0.3 is 0 Å². The monoisotopic (exact) mass is 177 g/mol. The highest BCUT2D eigenvalue weighted by Crippen LogP contribution is 2.20. The van der Waals surface area contributed by atoms with E-state index in [1.54, 1.807) is 6.20 Å². The van der Waals surface area contributed by atoms with Gasteiger partial charge in [0.1, 0.15) is 0 Å². The smallest absolute Gasteiger partial charge is 0.0999 e. The maximum absolute atomic E-state index is 9.75. The molecule has 0 bridgehead atoms. The summed E-state index contributed by atoms with van der Waals surface area (Å²) in [6, 6.07) is 3.82. The summed E-state index contributed by atoms with van der Waals surface area (Å²) < 4.78 is 0. The van der Waals surface area contributed by atoms with Crippen molar-refractivity contribution >= 4 is 0 Å². The molecule has 13 heavy (non-hydrogen) atoms. The molecule has 1 aromatic rings. The highest BCUT2D eigenvalue weighted by atomic mass is 16.3. The second-order valence-corrected chi connectivity index (χ2v) is 3.38. The molecule has 0 fully saturated rings. The summed E-state index contributed by atoms with van der Waals surface area (Å²) in [5.41, 5.74) is 2.75. The first-order valence-electron chi connectivity index (χ1n) is 4.35. The van der Waals surface area contributed by atoms with Crippen molar-refractivity contribution in [1.29, 1.82) is 0 Å². The van der Waals surface area contributed by atoms with Crippen LogP contribution in [0.3, 0.4) is 0 Å². The fourth-order valence-corrected chi connectivity index (χ4v) is 1.27. The minimum Gasteiger partial charge on any atom is -0.386 e. The van der Waals surface area contributed by atoms with E-state index in [2.05, 4.69) is 11.6 Å².